The molecule has 0 unspecified atom stereocenters. The summed E-state index contributed by atoms with van der Waals surface area (Å²) in [5.74, 6) is -2.06. The van der Waals surface area contributed by atoms with Gasteiger partial charge in [-0.3, -0.25) is 0 Å². The molecule has 6 nitrogen and oxygen atoms in total. The fraction of sp³-hybridized carbons (Fsp3) is 0.533. The third kappa shape index (κ3) is 3.60. The van der Waals surface area contributed by atoms with Gasteiger partial charge in [-0.1, -0.05) is 0 Å². The summed E-state index contributed by atoms with van der Waals surface area (Å²) in [5.41, 5.74) is -2.77. The van der Waals surface area contributed by atoms with Crippen LogP contribution in [0, 0.1) is 6.92 Å². The van der Waals surface area contributed by atoms with E-state index in [1.54, 1.807) is 0 Å². The van der Waals surface area contributed by atoms with Crippen LogP contribution in [0.1, 0.15) is 51.9 Å². The van der Waals surface area contributed by atoms with Crippen molar-refractivity contribution in [3.8, 4) is 0 Å². The Morgan fingerprint density at radius 1 is 1.25 bits per heavy atom. The van der Waals surface area contributed by atoms with Crippen LogP contribution in [-0.4, -0.2) is 36.7 Å². The Kier molecular flexibility index (Phi) is 5.00. The van der Waals surface area contributed by atoms with Crippen LogP contribution >= 0.6 is 0 Å². The highest BCUT2D eigenvalue weighted by Gasteiger charge is 2.42. The first-order valence-electron chi connectivity index (χ1n) is 7.34. The van der Waals surface area contributed by atoms with Gasteiger partial charge in [-0.25, -0.2) is 14.6 Å². The molecule has 0 radical (unpaired) electrons. The van der Waals surface area contributed by atoms with E-state index in [0.29, 0.717) is 0 Å². The zero-order valence-corrected chi connectivity index (χ0v) is 13.4. The number of carbonyl (C=O) groups is 2. The summed E-state index contributed by atoms with van der Waals surface area (Å²) < 4.78 is 49.5. The van der Waals surface area contributed by atoms with Crippen molar-refractivity contribution in [3.63, 3.8) is 0 Å². The maximum Gasteiger partial charge on any atom is 0.434 e. The number of esters is 2. The molecule has 24 heavy (non-hydrogen) atoms. The highest BCUT2D eigenvalue weighted by molar-refractivity contribution is 6.06. The standard InChI is InChI=1S/C15H17F3N2O4/c1-4-24-14(22)10-11(20-8-5-6-8)9(13(21)23-3)7(2)19-12(10)15(16,17)18/h8H,4-6H2,1-3H3,(H,19,20). The van der Waals surface area contributed by atoms with Crippen LogP contribution in [0.15, 0.2) is 0 Å². The van der Waals surface area contributed by atoms with Crippen molar-refractivity contribution in [1.29, 1.82) is 0 Å². The smallest absolute Gasteiger partial charge is 0.434 e. The monoisotopic (exact) mass is 346 g/mol. The van der Waals surface area contributed by atoms with Crippen LogP contribution in [-0.2, 0) is 15.7 Å². The average molecular weight is 346 g/mol. The Morgan fingerprint density at radius 2 is 1.88 bits per heavy atom. The number of pyridine rings is 1. The summed E-state index contributed by atoms with van der Waals surface area (Å²) in [7, 11) is 1.10. The molecule has 1 aromatic rings. The van der Waals surface area contributed by atoms with Gasteiger partial charge in [-0.15, -0.1) is 0 Å². The maximum atomic E-state index is 13.4. The number of halogens is 3. The van der Waals surface area contributed by atoms with Crippen molar-refractivity contribution in [3.05, 3.63) is 22.5 Å². The molecule has 1 fully saturated rings. The molecule has 0 spiro atoms. The van der Waals surface area contributed by atoms with Gasteiger partial charge in [0.05, 0.1) is 25.1 Å². The van der Waals surface area contributed by atoms with Crippen LogP contribution < -0.4 is 5.32 Å². The lowest BCUT2D eigenvalue weighted by Crippen LogP contribution is -2.24. The Balaban J connectivity index is 2.76. The van der Waals surface area contributed by atoms with Crippen LogP contribution in [0.25, 0.3) is 0 Å². The van der Waals surface area contributed by atoms with Crippen molar-refractivity contribution < 1.29 is 32.2 Å². The van der Waals surface area contributed by atoms with Crippen molar-refractivity contribution in [1.82, 2.24) is 4.98 Å². The van der Waals surface area contributed by atoms with Gasteiger partial charge in [0.25, 0.3) is 0 Å². The molecule has 0 saturated heterocycles. The van der Waals surface area contributed by atoms with Crippen molar-refractivity contribution in [2.24, 2.45) is 0 Å². The maximum absolute atomic E-state index is 13.4. The molecule has 1 aliphatic carbocycles. The number of hydrogen-bond donors (Lipinski definition) is 1. The molecule has 2 rings (SSSR count). The predicted octanol–water partition coefficient (Wildman–Crippen LogP) is 2.95. The summed E-state index contributed by atoms with van der Waals surface area (Å²) in [5, 5.41) is 2.82. The molecular weight excluding hydrogens is 329 g/mol. The quantitative estimate of drug-likeness (QED) is 0.826. The van der Waals surface area contributed by atoms with E-state index in [4.69, 9.17) is 4.74 Å². The molecule has 0 bridgehead atoms. The number of nitrogens with zero attached hydrogens (tertiary/aromatic N) is 1. The first-order chi connectivity index (χ1) is 11.2. The van der Waals surface area contributed by atoms with Gasteiger partial charge >= 0.3 is 18.1 Å². The second-order valence-corrected chi connectivity index (χ2v) is 5.30. The average Bonchev–Trinajstić information content (AvgIpc) is 3.29. The number of methoxy groups -OCH3 is 1. The molecule has 132 valence electrons. The zero-order chi connectivity index (χ0) is 18.1. The molecule has 1 heterocycles. The SMILES string of the molecule is CCOC(=O)c1c(C(F)(F)F)nc(C)c(C(=O)OC)c1NC1CC1. The van der Waals surface area contributed by atoms with Crippen LogP contribution in [0.5, 0.6) is 0 Å². The van der Waals surface area contributed by atoms with Crippen LogP contribution in [0.4, 0.5) is 18.9 Å². The first-order valence-corrected chi connectivity index (χ1v) is 7.34. The molecule has 1 aliphatic rings. The number of nitrogens with one attached hydrogen (secondary N) is 1. The highest BCUT2D eigenvalue weighted by atomic mass is 19.4. The van der Waals surface area contributed by atoms with E-state index >= 15 is 0 Å². The molecular formula is C15H17F3N2O4. The van der Waals surface area contributed by atoms with E-state index in [-0.39, 0.29) is 29.6 Å². The number of rotatable bonds is 5. The number of anilines is 1. The van der Waals surface area contributed by atoms with Crippen molar-refractivity contribution in [2.75, 3.05) is 19.0 Å². The van der Waals surface area contributed by atoms with Crippen molar-refractivity contribution >= 4 is 17.6 Å². The van der Waals surface area contributed by atoms with E-state index in [0.717, 1.165) is 20.0 Å². The number of carbonyl (C=O) groups excluding carboxylic acids is 2. The molecule has 0 aromatic carbocycles. The van der Waals surface area contributed by atoms with E-state index in [1.807, 2.05) is 0 Å². The van der Waals surface area contributed by atoms with E-state index in [1.165, 1.54) is 13.8 Å². The number of hydrogen-bond acceptors (Lipinski definition) is 6. The molecule has 1 N–H and O–H groups in total. The molecule has 0 amide bonds. The summed E-state index contributed by atoms with van der Waals surface area (Å²) in [6, 6.07) is -0.107. The lowest BCUT2D eigenvalue weighted by Gasteiger charge is -2.20. The molecule has 1 aromatic heterocycles. The second kappa shape index (κ2) is 6.66. The lowest BCUT2D eigenvalue weighted by atomic mass is 10.0. The normalized spacial score (nSPS) is 14.2. The topological polar surface area (TPSA) is 77.5 Å². The van der Waals surface area contributed by atoms with Gasteiger partial charge in [0.2, 0.25) is 0 Å². The van der Waals surface area contributed by atoms with Gasteiger partial charge in [-0.05, 0) is 26.7 Å². The predicted molar refractivity (Wildman–Crippen MR) is 77.9 cm³/mol. The summed E-state index contributed by atoms with van der Waals surface area (Å²) in [4.78, 5) is 27.6. The summed E-state index contributed by atoms with van der Waals surface area (Å²) >= 11 is 0. The molecule has 0 atom stereocenters. The number of aryl methyl sites for hydroxylation is 1. The minimum atomic E-state index is -4.87. The lowest BCUT2D eigenvalue weighted by molar-refractivity contribution is -0.141. The number of ether oxygens (including phenoxy) is 2. The largest absolute Gasteiger partial charge is 0.465 e. The number of alkyl halides is 3. The Bertz CT molecular complexity index is 670. The minimum absolute atomic E-state index is 0.107. The highest BCUT2D eigenvalue weighted by Crippen LogP contribution is 2.39. The fourth-order valence-electron chi connectivity index (χ4n) is 2.24. The Hall–Kier alpha value is -2.32. The zero-order valence-electron chi connectivity index (χ0n) is 13.4. The third-order valence-electron chi connectivity index (χ3n) is 3.44. The van der Waals surface area contributed by atoms with Gasteiger partial charge in [0.1, 0.15) is 11.1 Å². The molecule has 9 heteroatoms. The van der Waals surface area contributed by atoms with Gasteiger partial charge in [0, 0.05) is 6.04 Å². The first kappa shape index (κ1) is 18.0. The van der Waals surface area contributed by atoms with Gasteiger partial charge in [0.15, 0.2) is 5.69 Å². The molecule has 0 aliphatic heterocycles. The van der Waals surface area contributed by atoms with E-state index < -0.39 is 29.4 Å². The summed E-state index contributed by atoms with van der Waals surface area (Å²) in [6.45, 7) is 2.62. The Labute approximate surface area is 136 Å². The van der Waals surface area contributed by atoms with Crippen LogP contribution in [0.3, 0.4) is 0 Å². The van der Waals surface area contributed by atoms with E-state index in [2.05, 4.69) is 15.0 Å². The van der Waals surface area contributed by atoms with Gasteiger partial charge < -0.3 is 14.8 Å². The number of aromatic nitrogens is 1. The minimum Gasteiger partial charge on any atom is -0.465 e. The van der Waals surface area contributed by atoms with Crippen LogP contribution in [0.2, 0.25) is 0 Å². The van der Waals surface area contributed by atoms with Crippen molar-refractivity contribution in [2.45, 2.75) is 38.9 Å². The summed E-state index contributed by atoms with van der Waals surface area (Å²) in [6.07, 6.45) is -3.42. The third-order valence-corrected chi connectivity index (χ3v) is 3.44. The van der Waals surface area contributed by atoms with Gasteiger partial charge in [-0.2, -0.15) is 13.2 Å². The fourth-order valence-corrected chi connectivity index (χ4v) is 2.24. The second-order valence-electron chi connectivity index (χ2n) is 5.30. The van der Waals surface area contributed by atoms with E-state index in [9.17, 15) is 22.8 Å². The molecule has 1 saturated carbocycles. The Morgan fingerprint density at radius 3 is 2.33 bits per heavy atom.